The molecule has 0 atom stereocenters. The van der Waals surface area contributed by atoms with Crippen molar-refractivity contribution < 1.29 is 14.3 Å². The van der Waals surface area contributed by atoms with Crippen LogP contribution in [-0.4, -0.2) is 17.8 Å². The first-order valence-corrected chi connectivity index (χ1v) is 3.28. The molecule has 0 amide bonds. The van der Waals surface area contributed by atoms with Crippen LogP contribution in [0.5, 0.6) is 0 Å². The zero-order valence-electron chi connectivity index (χ0n) is 5.89. The SMILES string of the molecule is CC(C)COC(=O)C(=O)Cl. The van der Waals surface area contributed by atoms with Gasteiger partial charge in [0, 0.05) is 0 Å². The van der Waals surface area contributed by atoms with Gasteiger partial charge in [0.2, 0.25) is 0 Å². The zero-order valence-corrected chi connectivity index (χ0v) is 6.64. The Hall–Kier alpha value is -0.570. The smallest absolute Gasteiger partial charge is 0.391 e. The molecule has 0 aliphatic rings. The van der Waals surface area contributed by atoms with Crippen LogP contribution in [0, 0.1) is 5.92 Å². The quantitative estimate of drug-likeness (QED) is 0.354. The van der Waals surface area contributed by atoms with Gasteiger partial charge in [0.05, 0.1) is 6.61 Å². The Labute approximate surface area is 64.3 Å². The molecule has 58 valence electrons. The van der Waals surface area contributed by atoms with Crippen molar-refractivity contribution in [1.82, 2.24) is 0 Å². The number of rotatable bonds is 3. The van der Waals surface area contributed by atoms with E-state index >= 15 is 0 Å². The van der Waals surface area contributed by atoms with E-state index in [0.29, 0.717) is 0 Å². The highest BCUT2D eigenvalue weighted by Gasteiger charge is 2.11. The van der Waals surface area contributed by atoms with Gasteiger partial charge >= 0.3 is 11.2 Å². The fourth-order valence-corrected chi connectivity index (χ4v) is 0.354. The summed E-state index contributed by atoms with van der Waals surface area (Å²) in [6.07, 6.45) is 0. The summed E-state index contributed by atoms with van der Waals surface area (Å²) in [5.74, 6) is -0.754. The third-order valence-electron chi connectivity index (χ3n) is 0.708. The minimum absolute atomic E-state index is 0.222. The van der Waals surface area contributed by atoms with Crippen molar-refractivity contribution in [1.29, 1.82) is 0 Å². The molecule has 0 aromatic heterocycles. The monoisotopic (exact) mass is 164 g/mol. The van der Waals surface area contributed by atoms with Crippen molar-refractivity contribution >= 4 is 22.8 Å². The van der Waals surface area contributed by atoms with Gasteiger partial charge in [-0.15, -0.1) is 0 Å². The van der Waals surface area contributed by atoms with Crippen LogP contribution in [0.25, 0.3) is 0 Å². The molecule has 0 aromatic carbocycles. The first kappa shape index (κ1) is 9.43. The van der Waals surface area contributed by atoms with E-state index < -0.39 is 11.2 Å². The van der Waals surface area contributed by atoms with Gasteiger partial charge in [-0.2, -0.15) is 0 Å². The van der Waals surface area contributed by atoms with Gasteiger partial charge in [0.1, 0.15) is 0 Å². The Bertz CT molecular complexity index is 142. The summed E-state index contributed by atoms with van der Waals surface area (Å²) in [5.41, 5.74) is 0. The second kappa shape index (κ2) is 4.28. The Morgan fingerprint density at radius 2 is 2.00 bits per heavy atom. The average Bonchev–Trinajstić information content (AvgIpc) is 1.82. The number of ether oxygens (including phenoxy) is 1. The Kier molecular flexibility index (Phi) is 4.03. The van der Waals surface area contributed by atoms with E-state index in [1.54, 1.807) is 0 Å². The Balaban J connectivity index is 3.50. The number of hydrogen-bond acceptors (Lipinski definition) is 3. The van der Waals surface area contributed by atoms with Crippen molar-refractivity contribution in [2.45, 2.75) is 13.8 Å². The number of carbonyl (C=O) groups excluding carboxylic acids is 2. The van der Waals surface area contributed by atoms with Gasteiger partial charge in [0.15, 0.2) is 0 Å². The topological polar surface area (TPSA) is 43.4 Å². The predicted molar refractivity (Wildman–Crippen MR) is 36.7 cm³/mol. The van der Waals surface area contributed by atoms with E-state index in [9.17, 15) is 9.59 Å². The lowest BCUT2D eigenvalue weighted by atomic mass is 10.2. The number of hydrogen-bond donors (Lipinski definition) is 0. The molecule has 0 aromatic rings. The van der Waals surface area contributed by atoms with Crippen molar-refractivity contribution in [3.05, 3.63) is 0 Å². The summed E-state index contributed by atoms with van der Waals surface area (Å²) in [6.45, 7) is 3.97. The average molecular weight is 165 g/mol. The van der Waals surface area contributed by atoms with Gasteiger partial charge in [-0.25, -0.2) is 4.79 Å². The third kappa shape index (κ3) is 4.32. The maximum absolute atomic E-state index is 10.3. The highest BCUT2D eigenvalue weighted by molar-refractivity contribution is 6.80. The minimum Gasteiger partial charge on any atom is -0.459 e. The zero-order chi connectivity index (χ0) is 8.15. The van der Waals surface area contributed by atoms with Crippen LogP contribution >= 0.6 is 11.6 Å². The van der Waals surface area contributed by atoms with E-state index in [1.165, 1.54) is 0 Å². The van der Waals surface area contributed by atoms with Crippen LogP contribution < -0.4 is 0 Å². The fourth-order valence-electron chi connectivity index (χ4n) is 0.299. The van der Waals surface area contributed by atoms with Gasteiger partial charge in [-0.3, -0.25) is 4.79 Å². The lowest BCUT2D eigenvalue weighted by Crippen LogP contribution is -2.14. The summed E-state index contributed by atoms with van der Waals surface area (Å²) >= 11 is 4.80. The first-order valence-electron chi connectivity index (χ1n) is 2.90. The molecule has 0 N–H and O–H groups in total. The Morgan fingerprint density at radius 1 is 1.50 bits per heavy atom. The summed E-state index contributed by atoms with van der Waals surface area (Å²) in [7, 11) is 0. The molecular formula is C6H9ClO3. The normalized spacial score (nSPS) is 9.60. The van der Waals surface area contributed by atoms with Gasteiger partial charge in [0.25, 0.3) is 0 Å². The third-order valence-corrected chi connectivity index (χ3v) is 0.863. The molecule has 0 spiro atoms. The summed E-state index contributed by atoms with van der Waals surface area (Å²) in [4.78, 5) is 20.4. The molecule has 0 aliphatic heterocycles. The molecule has 3 nitrogen and oxygen atoms in total. The molecule has 0 fully saturated rings. The van der Waals surface area contributed by atoms with Crippen LogP contribution in [-0.2, 0) is 14.3 Å². The Morgan fingerprint density at radius 3 is 2.30 bits per heavy atom. The first-order chi connectivity index (χ1) is 4.54. The van der Waals surface area contributed by atoms with Crippen molar-refractivity contribution in [2.75, 3.05) is 6.61 Å². The molecular weight excluding hydrogens is 156 g/mol. The maximum atomic E-state index is 10.3. The molecule has 0 saturated carbocycles. The van der Waals surface area contributed by atoms with E-state index in [4.69, 9.17) is 11.6 Å². The highest BCUT2D eigenvalue weighted by Crippen LogP contribution is 1.94. The minimum atomic E-state index is -1.07. The molecule has 10 heavy (non-hydrogen) atoms. The molecule has 0 unspecified atom stereocenters. The van der Waals surface area contributed by atoms with Crippen molar-refractivity contribution in [3.8, 4) is 0 Å². The molecule has 4 heteroatoms. The van der Waals surface area contributed by atoms with Crippen LogP contribution in [0.2, 0.25) is 0 Å². The number of esters is 1. The summed E-state index contributed by atoms with van der Waals surface area (Å²) in [5, 5.41) is -1.07. The molecule has 0 rings (SSSR count). The van der Waals surface area contributed by atoms with Gasteiger partial charge < -0.3 is 4.74 Å². The van der Waals surface area contributed by atoms with Crippen LogP contribution in [0.1, 0.15) is 13.8 Å². The van der Waals surface area contributed by atoms with E-state index in [0.717, 1.165) is 0 Å². The largest absolute Gasteiger partial charge is 0.459 e. The summed E-state index contributed by atoms with van der Waals surface area (Å²) < 4.78 is 4.44. The highest BCUT2D eigenvalue weighted by atomic mass is 35.5. The number of halogens is 1. The summed E-state index contributed by atoms with van der Waals surface area (Å²) in [6, 6.07) is 0. The van der Waals surface area contributed by atoms with Crippen LogP contribution in [0.3, 0.4) is 0 Å². The second-order valence-electron chi connectivity index (χ2n) is 2.27. The van der Waals surface area contributed by atoms with Crippen LogP contribution in [0.4, 0.5) is 0 Å². The number of carbonyl (C=O) groups is 2. The fraction of sp³-hybridized carbons (Fsp3) is 0.667. The molecule has 0 saturated heterocycles. The van der Waals surface area contributed by atoms with Gasteiger partial charge in [-0.1, -0.05) is 13.8 Å². The lowest BCUT2D eigenvalue weighted by Gasteiger charge is -2.02. The molecule has 0 aliphatic carbocycles. The second-order valence-corrected chi connectivity index (χ2v) is 2.61. The van der Waals surface area contributed by atoms with E-state index in [2.05, 4.69) is 4.74 Å². The standard InChI is InChI=1S/C6H9ClO3/c1-4(2)3-10-6(9)5(7)8/h4H,3H2,1-2H3. The molecule has 0 radical (unpaired) electrons. The maximum Gasteiger partial charge on any atom is 0.391 e. The van der Waals surface area contributed by atoms with Crippen molar-refractivity contribution in [2.24, 2.45) is 5.92 Å². The van der Waals surface area contributed by atoms with Crippen molar-refractivity contribution in [3.63, 3.8) is 0 Å². The molecule has 0 bridgehead atoms. The van der Waals surface area contributed by atoms with Gasteiger partial charge in [-0.05, 0) is 17.5 Å². The van der Waals surface area contributed by atoms with E-state index in [-0.39, 0.29) is 12.5 Å². The molecule has 0 heterocycles. The van der Waals surface area contributed by atoms with E-state index in [1.807, 2.05) is 13.8 Å². The predicted octanol–water partition coefficient (Wildman–Crippen LogP) is 0.951. The lowest BCUT2D eigenvalue weighted by molar-refractivity contribution is -0.151. The van der Waals surface area contributed by atoms with Crippen LogP contribution in [0.15, 0.2) is 0 Å².